The van der Waals surface area contributed by atoms with E-state index in [1.54, 1.807) is 4.57 Å². The molecule has 1 aromatic carbocycles. The minimum absolute atomic E-state index is 0.193. The van der Waals surface area contributed by atoms with Gasteiger partial charge in [-0.25, -0.2) is 4.98 Å². The van der Waals surface area contributed by atoms with Crippen molar-refractivity contribution in [1.82, 2.24) is 9.55 Å². The standard InChI is InChI=1S/C14H16F3N3O/c1-8(2)13-19-11(12(18)20(13)3)9-4-6-10(7-5-9)21-14(15,16)17/h4-8H,18H2,1-3H3. The Balaban J connectivity index is 2.33. The highest BCUT2D eigenvalue weighted by molar-refractivity contribution is 5.71. The second-order valence-corrected chi connectivity index (χ2v) is 4.99. The molecule has 0 bridgehead atoms. The number of aromatic nitrogens is 2. The predicted molar refractivity (Wildman–Crippen MR) is 73.8 cm³/mol. The van der Waals surface area contributed by atoms with Crippen LogP contribution in [-0.4, -0.2) is 15.9 Å². The van der Waals surface area contributed by atoms with Gasteiger partial charge in [-0.05, 0) is 24.3 Å². The van der Waals surface area contributed by atoms with E-state index in [1.165, 1.54) is 24.3 Å². The second-order valence-electron chi connectivity index (χ2n) is 4.99. The molecule has 0 saturated heterocycles. The molecule has 0 saturated carbocycles. The van der Waals surface area contributed by atoms with Gasteiger partial charge in [0.15, 0.2) is 0 Å². The molecule has 2 rings (SSSR count). The molecule has 0 unspecified atom stereocenters. The van der Waals surface area contributed by atoms with Crippen molar-refractivity contribution in [2.24, 2.45) is 7.05 Å². The molecule has 0 fully saturated rings. The average Bonchev–Trinajstić information content (AvgIpc) is 2.66. The van der Waals surface area contributed by atoms with E-state index in [-0.39, 0.29) is 11.7 Å². The number of imidazole rings is 1. The van der Waals surface area contributed by atoms with Crippen molar-refractivity contribution < 1.29 is 17.9 Å². The molecular formula is C14H16F3N3O. The van der Waals surface area contributed by atoms with Gasteiger partial charge in [0.2, 0.25) is 0 Å². The van der Waals surface area contributed by atoms with Gasteiger partial charge in [-0.15, -0.1) is 13.2 Å². The smallest absolute Gasteiger partial charge is 0.406 e. The van der Waals surface area contributed by atoms with Crippen LogP contribution >= 0.6 is 0 Å². The zero-order valence-electron chi connectivity index (χ0n) is 11.9. The minimum Gasteiger partial charge on any atom is -0.406 e. The first-order valence-corrected chi connectivity index (χ1v) is 6.37. The molecule has 1 aromatic heterocycles. The second kappa shape index (κ2) is 5.31. The van der Waals surface area contributed by atoms with Crippen molar-refractivity contribution in [1.29, 1.82) is 0 Å². The van der Waals surface area contributed by atoms with E-state index in [2.05, 4.69) is 9.72 Å². The Labute approximate surface area is 120 Å². The zero-order valence-corrected chi connectivity index (χ0v) is 11.9. The fraction of sp³-hybridized carbons (Fsp3) is 0.357. The number of nitrogens with two attached hydrogens (primary N) is 1. The van der Waals surface area contributed by atoms with Crippen LogP contribution in [0.4, 0.5) is 19.0 Å². The summed E-state index contributed by atoms with van der Waals surface area (Å²) in [4.78, 5) is 4.46. The Morgan fingerprint density at radius 3 is 2.19 bits per heavy atom. The lowest BCUT2D eigenvalue weighted by atomic mass is 10.1. The quantitative estimate of drug-likeness (QED) is 0.940. The van der Waals surface area contributed by atoms with Crippen molar-refractivity contribution in [3.8, 4) is 17.0 Å². The van der Waals surface area contributed by atoms with Crippen LogP contribution in [0.2, 0.25) is 0 Å². The SMILES string of the molecule is CC(C)c1nc(-c2ccc(OC(F)(F)F)cc2)c(N)n1C. The van der Waals surface area contributed by atoms with Crippen LogP contribution in [-0.2, 0) is 7.05 Å². The van der Waals surface area contributed by atoms with Crippen LogP contribution in [0.15, 0.2) is 24.3 Å². The van der Waals surface area contributed by atoms with Crippen molar-refractivity contribution in [2.45, 2.75) is 26.1 Å². The number of benzene rings is 1. The Bertz CT molecular complexity index is 630. The first-order valence-electron chi connectivity index (χ1n) is 6.37. The maximum absolute atomic E-state index is 12.1. The molecule has 0 amide bonds. The van der Waals surface area contributed by atoms with Crippen molar-refractivity contribution in [3.63, 3.8) is 0 Å². The topological polar surface area (TPSA) is 53.1 Å². The van der Waals surface area contributed by atoms with E-state index < -0.39 is 6.36 Å². The molecule has 114 valence electrons. The van der Waals surface area contributed by atoms with Gasteiger partial charge >= 0.3 is 6.36 Å². The molecule has 0 aliphatic rings. The highest BCUT2D eigenvalue weighted by Gasteiger charge is 2.31. The summed E-state index contributed by atoms with van der Waals surface area (Å²) in [5.41, 5.74) is 7.20. The number of ether oxygens (including phenoxy) is 1. The van der Waals surface area contributed by atoms with E-state index in [1.807, 2.05) is 20.9 Å². The van der Waals surface area contributed by atoms with Crippen LogP contribution < -0.4 is 10.5 Å². The normalized spacial score (nSPS) is 12.0. The molecule has 0 spiro atoms. The van der Waals surface area contributed by atoms with Crippen LogP contribution in [0.1, 0.15) is 25.6 Å². The van der Waals surface area contributed by atoms with Crippen LogP contribution in [0, 0.1) is 0 Å². The molecule has 1 heterocycles. The largest absolute Gasteiger partial charge is 0.573 e. The Hall–Kier alpha value is -2.18. The number of nitrogens with zero attached hydrogens (tertiary/aromatic N) is 2. The highest BCUT2D eigenvalue weighted by Crippen LogP contribution is 2.30. The average molecular weight is 299 g/mol. The molecule has 21 heavy (non-hydrogen) atoms. The lowest BCUT2D eigenvalue weighted by Crippen LogP contribution is -2.16. The first-order chi connectivity index (χ1) is 9.69. The lowest BCUT2D eigenvalue weighted by Gasteiger charge is -2.09. The van der Waals surface area contributed by atoms with Gasteiger partial charge in [0.25, 0.3) is 0 Å². The number of rotatable bonds is 3. The Morgan fingerprint density at radius 2 is 1.76 bits per heavy atom. The van der Waals surface area contributed by atoms with E-state index in [0.29, 0.717) is 17.1 Å². The third kappa shape index (κ3) is 3.29. The van der Waals surface area contributed by atoms with E-state index in [9.17, 15) is 13.2 Å². The highest BCUT2D eigenvalue weighted by atomic mass is 19.4. The van der Waals surface area contributed by atoms with Crippen molar-refractivity contribution in [3.05, 3.63) is 30.1 Å². The maximum Gasteiger partial charge on any atom is 0.573 e. The van der Waals surface area contributed by atoms with Gasteiger partial charge in [0, 0.05) is 18.5 Å². The zero-order chi connectivity index (χ0) is 15.8. The maximum atomic E-state index is 12.1. The molecule has 7 heteroatoms. The van der Waals surface area contributed by atoms with Crippen molar-refractivity contribution >= 4 is 5.82 Å². The van der Waals surface area contributed by atoms with Gasteiger partial charge in [-0.3, -0.25) is 0 Å². The molecule has 2 aromatic rings. The monoisotopic (exact) mass is 299 g/mol. The third-order valence-corrected chi connectivity index (χ3v) is 3.05. The summed E-state index contributed by atoms with van der Waals surface area (Å²) in [6.45, 7) is 3.98. The van der Waals surface area contributed by atoms with Crippen LogP contribution in [0.3, 0.4) is 0 Å². The summed E-state index contributed by atoms with van der Waals surface area (Å²) < 4.78 is 42.0. The lowest BCUT2D eigenvalue weighted by molar-refractivity contribution is -0.274. The molecular weight excluding hydrogens is 283 g/mol. The molecule has 0 radical (unpaired) electrons. The van der Waals surface area contributed by atoms with Crippen molar-refractivity contribution in [2.75, 3.05) is 5.73 Å². The third-order valence-electron chi connectivity index (χ3n) is 3.05. The molecule has 2 N–H and O–H groups in total. The van der Waals surface area contributed by atoms with Gasteiger partial charge in [-0.1, -0.05) is 13.8 Å². The van der Waals surface area contributed by atoms with Gasteiger partial charge < -0.3 is 15.0 Å². The summed E-state index contributed by atoms with van der Waals surface area (Å²) in [6, 6.07) is 5.49. The molecule has 0 aliphatic heterocycles. The fourth-order valence-electron chi connectivity index (χ4n) is 2.07. The van der Waals surface area contributed by atoms with E-state index in [4.69, 9.17) is 5.73 Å². The number of nitrogen functional groups attached to an aromatic ring is 1. The number of alkyl halides is 3. The Morgan fingerprint density at radius 1 is 1.19 bits per heavy atom. The first kappa shape index (κ1) is 15.2. The predicted octanol–water partition coefficient (Wildman–Crippen LogP) is 3.69. The summed E-state index contributed by atoms with van der Waals surface area (Å²) in [6.07, 6.45) is -4.70. The molecule has 0 aliphatic carbocycles. The molecule has 0 atom stereocenters. The number of halogens is 3. The fourth-order valence-corrected chi connectivity index (χ4v) is 2.07. The number of hydrogen-bond acceptors (Lipinski definition) is 3. The molecule has 4 nitrogen and oxygen atoms in total. The van der Waals surface area contributed by atoms with Crippen LogP contribution in [0.25, 0.3) is 11.3 Å². The van der Waals surface area contributed by atoms with Gasteiger partial charge in [-0.2, -0.15) is 0 Å². The minimum atomic E-state index is -4.70. The van der Waals surface area contributed by atoms with Crippen LogP contribution in [0.5, 0.6) is 5.75 Å². The summed E-state index contributed by atoms with van der Waals surface area (Å²) in [5, 5.41) is 0. The summed E-state index contributed by atoms with van der Waals surface area (Å²) in [5.74, 6) is 1.21. The summed E-state index contributed by atoms with van der Waals surface area (Å²) >= 11 is 0. The van der Waals surface area contributed by atoms with Gasteiger partial charge in [0.05, 0.1) is 0 Å². The van der Waals surface area contributed by atoms with E-state index >= 15 is 0 Å². The number of anilines is 1. The number of hydrogen-bond donors (Lipinski definition) is 1. The Kier molecular flexibility index (Phi) is 3.85. The van der Waals surface area contributed by atoms with Gasteiger partial charge in [0.1, 0.15) is 23.1 Å². The summed E-state index contributed by atoms with van der Waals surface area (Å²) in [7, 11) is 1.81. The van der Waals surface area contributed by atoms with E-state index in [0.717, 1.165) is 5.82 Å².